The molecule has 2 aromatic rings. The zero-order valence-corrected chi connectivity index (χ0v) is 19.9. The van der Waals surface area contributed by atoms with Crippen molar-refractivity contribution in [1.29, 1.82) is 0 Å². The van der Waals surface area contributed by atoms with Crippen LogP contribution in [-0.4, -0.2) is 52.0 Å². The van der Waals surface area contributed by atoms with Gasteiger partial charge in [-0.3, -0.25) is 9.69 Å². The zero-order valence-electron chi connectivity index (χ0n) is 19.1. The minimum atomic E-state index is -0.515. The van der Waals surface area contributed by atoms with Crippen molar-refractivity contribution in [3.05, 3.63) is 46.5 Å². The van der Waals surface area contributed by atoms with E-state index >= 15 is 0 Å². The van der Waals surface area contributed by atoms with Crippen LogP contribution in [0.5, 0.6) is 0 Å². The summed E-state index contributed by atoms with van der Waals surface area (Å²) in [6.07, 6.45) is 2.29. The summed E-state index contributed by atoms with van der Waals surface area (Å²) in [4.78, 5) is 35.1. The molecule has 0 bridgehead atoms. The topological polar surface area (TPSA) is 74.8 Å². The molecule has 8 heteroatoms. The molecular formula is C24H32N4O3S. The van der Waals surface area contributed by atoms with E-state index in [0.717, 1.165) is 43.0 Å². The number of rotatable bonds is 4. The normalized spacial score (nSPS) is 19.3. The maximum Gasteiger partial charge on any atom is 0.410 e. The van der Waals surface area contributed by atoms with Gasteiger partial charge in [0.1, 0.15) is 5.60 Å². The number of piperidine rings is 1. The van der Waals surface area contributed by atoms with Crippen molar-refractivity contribution in [2.24, 2.45) is 5.92 Å². The number of ether oxygens (including phenoxy) is 1. The van der Waals surface area contributed by atoms with E-state index in [1.54, 1.807) is 4.90 Å². The Balaban J connectivity index is 1.33. The first-order chi connectivity index (χ1) is 15.3. The summed E-state index contributed by atoms with van der Waals surface area (Å²) in [5.41, 5.74) is 1.73. The number of nitrogens with one attached hydrogen (secondary N) is 1. The summed E-state index contributed by atoms with van der Waals surface area (Å²) in [7, 11) is 0. The van der Waals surface area contributed by atoms with E-state index in [4.69, 9.17) is 4.74 Å². The minimum Gasteiger partial charge on any atom is -0.444 e. The van der Waals surface area contributed by atoms with Gasteiger partial charge in [-0.05, 0) is 45.7 Å². The van der Waals surface area contributed by atoms with Gasteiger partial charge in [-0.2, -0.15) is 0 Å². The summed E-state index contributed by atoms with van der Waals surface area (Å²) >= 11 is 1.46. The molecule has 2 aliphatic heterocycles. The van der Waals surface area contributed by atoms with E-state index in [-0.39, 0.29) is 17.9 Å². The number of fused-ring (bicyclic) bond motifs is 1. The van der Waals surface area contributed by atoms with Crippen molar-refractivity contribution < 1.29 is 14.3 Å². The molecule has 2 amide bonds. The molecule has 0 spiro atoms. The van der Waals surface area contributed by atoms with Crippen LogP contribution in [0.1, 0.15) is 49.7 Å². The molecule has 7 nitrogen and oxygen atoms in total. The van der Waals surface area contributed by atoms with Crippen molar-refractivity contribution in [2.75, 3.05) is 25.0 Å². The van der Waals surface area contributed by atoms with Crippen molar-refractivity contribution in [3.8, 4) is 0 Å². The third-order valence-electron chi connectivity index (χ3n) is 5.74. The van der Waals surface area contributed by atoms with Gasteiger partial charge in [-0.25, -0.2) is 9.78 Å². The third kappa shape index (κ3) is 5.86. The molecule has 0 radical (unpaired) electrons. The van der Waals surface area contributed by atoms with Crippen molar-refractivity contribution in [3.63, 3.8) is 0 Å². The fourth-order valence-electron chi connectivity index (χ4n) is 4.19. The van der Waals surface area contributed by atoms with E-state index in [0.29, 0.717) is 24.6 Å². The molecule has 0 saturated carbocycles. The smallest absolute Gasteiger partial charge is 0.410 e. The van der Waals surface area contributed by atoms with Crippen LogP contribution in [0, 0.1) is 5.92 Å². The SMILES string of the molecule is CC(C)(C)OC(=O)N1CCc2nc(NC(=O)C3CCCN(Cc4ccccc4)C3)sc2C1. The lowest BCUT2D eigenvalue weighted by molar-refractivity contribution is -0.121. The van der Waals surface area contributed by atoms with Gasteiger partial charge in [-0.15, -0.1) is 0 Å². The van der Waals surface area contributed by atoms with Gasteiger partial charge < -0.3 is 15.0 Å². The lowest BCUT2D eigenvalue weighted by atomic mass is 9.97. The first kappa shape index (κ1) is 22.7. The molecule has 1 saturated heterocycles. The van der Waals surface area contributed by atoms with Crippen LogP contribution in [-0.2, 0) is 29.0 Å². The first-order valence-electron chi connectivity index (χ1n) is 11.3. The summed E-state index contributed by atoms with van der Waals surface area (Å²) in [6.45, 7) is 9.31. The Labute approximate surface area is 193 Å². The van der Waals surface area contributed by atoms with Crippen molar-refractivity contribution >= 4 is 28.5 Å². The Morgan fingerprint density at radius 2 is 2.00 bits per heavy atom. The fourth-order valence-corrected chi connectivity index (χ4v) is 5.22. The quantitative estimate of drug-likeness (QED) is 0.743. The number of anilines is 1. The van der Waals surface area contributed by atoms with Gasteiger partial charge in [-0.1, -0.05) is 41.7 Å². The number of aromatic nitrogens is 1. The third-order valence-corrected chi connectivity index (χ3v) is 6.74. The average molecular weight is 457 g/mol. The number of thiazole rings is 1. The maximum absolute atomic E-state index is 13.0. The molecule has 2 aliphatic rings. The molecule has 3 heterocycles. The molecule has 1 N–H and O–H groups in total. The summed E-state index contributed by atoms with van der Waals surface area (Å²) in [6, 6.07) is 10.4. The molecule has 1 fully saturated rings. The van der Waals surface area contributed by atoms with Crippen LogP contribution in [0.15, 0.2) is 30.3 Å². The van der Waals surface area contributed by atoms with Crippen LogP contribution in [0.25, 0.3) is 0 Å². The first-order valence-corrected chi connectivity index (χ1v) is 12.1. The van der Waals surface area contributed by atoms with Gasteiger partial charge in [0.25, 0.3) is 0 Å². The van der Waals surface area contributed by atoms with Gasteiger partial charge in [0, 0.05) is 30.9 Å². The number of amides is 2. The van der Waals surface area contributed by atoms with Crippen molar-refractivity contribution in [1.82, 2.24) is 14.8 Å². The molecule has 32 heavy (non-hydrogen) atoms. The number of hydrogen-bond donors (Lipinski definition) is 1. The van der Waals surface area contributed by atoms with E-state index in [2.05, 4.69) is 39.5 Å². The van der Waals surface area contributed by atoms with E-state index in [1.807, 2.05) is 26.8 Å². The largest absolute Gasteiger partial charge is 0.444 e. The van der Waals surface area contributed by atoms with Crippen LogP contribution < -0.4 is 5.32 Å². The minimum absolute atomic E-state index is 0.0355. The molecule has 172 valence electrons. The predicted molar refractivity (Wildman–Crippen MR) is 126 cm³/mol. The summed E-state index contributed by atoms with van der Waals surface area (Å²) in [5.74, 6) is 0.00418. The number of hydrogen-bond acceptors (Lipinski definition) is 6. The van der Waals surface area contributed by atoms with E-state index < -0.39 is 5.60 Å². The van der Waals surface area contributed by atoms with E-state index in [1.165, 1.54) is 16.9 Å². The monoisotopic (exact) mass is 456 g/mol. The number of carbonyl (C=O) groups excluding carboxylic acids is 2. The summed E-state index contributed by atoms with van der Waals surface area (Å²) in [5, 5.41) is 3.67. The van der Waals surface area contributed by atoms with Crippen LogP contribution in [0.4, 0.5) is 9.93 Å². The molecule has 0 aliphatic carbocycles. The molecule has 1 aromatic carbocycles. The Kier molecular flexibility index (Phi) is 6.81. The van der Waals surface area contributed by atoms with Crippen LogP contribution >= 0.6 is 11.3 Å². The maximum atomic E-state index is 13.0. The molecule has 4 rings (SSSR count). The van der Waals surface area contributed by atoms with Crippen LogP contribution in [0.2, 0.25) is 0 Å². The predicted octanol–water partition coefficient (Wildman–Crippen LogP) is 4.29. The van der Waals surface area contributed by atoms with Gasteiger partial charge in [0.15, 0.2) is 5.13 Å². The van der Waals surface area contributed by atoms with Gasteiger partial charge >= 0.3 is 6.09 Å². The molecule has 1 atom stereocenters. The fraction of sp³-hybridized carbons (Fsp3) is 0.542. The molecule has 1 unspecified atom stereocenters. The standard InChI is InChI=1S/C24H32N4O3S/c1-24(2,3)31-23(30)28-13-11-19-20(16-28)32-22(25-19)26-21(29)18-10-7-12-27(15-18)14-17-8-5-4-6-9-17/h4-6,8-9,18H,7,10-16H2,1-3H3,(H,25,26,29). The van der Waals surface area contributed by atoms with Gasteiger partial charge in [0.05, 0.1) is 18.2 Å². The highest BCUT2D eigenvalue weighted by Crippen LogP contribution is 2.30. The lowest BCUT2D eigenvalue weighted by Crippen LogP contribution is -2.40. The van der Waals surface area contributed by atoms with Crippen molar-refractivity contribution in [2.45, 2.75) is 58.7 Å². The summed E-state index contributed by atoms with van der Waals surface area (Å²) < 4.78 is 5.49. The molecular weight excluding hydrogens is 424 g/mol. The Morgan fingerprint density at radius 1 is 1.22 bits per heavy atom. The highest BCUT2D eigenvalue weighted by Gasteiger charge is 2.30. The number of nitrogens with zero attached hydrogens (tertiary/aromatic N) is 3. The second kappa shape index (κ2) is 9.58. The Hall–Kier alpha value is -2.45. The second-order valence-corrected chi connectivity index (χ2v) is 10.7. The van der Waals surface area contributed by atoms with E-state index in [9.17, 15) is 9.59 Å². The average Bonchev–Trinajstić information content (AvgIpc) is 3.15. The Bertz CT molecular complexity index is 954. The number of benzene rings is 1. The lowest BCUT2D eigenvalue weighted by Gasteiger charge is -2.31. The van der Waals surface area contributed by atoms with Gasteiger partial charge in [0.2, 0.25) is 5.91 Å². The Morgan fingerprint density at radius 3 is 2.75 bits per heavy atom. The highest BCUT2D eigenvalue weighted by atomic mass is 32.1. The van der Waals surface area contributed by atoms with Crippen LogP contribution in [0.3, 0.4) is 0 Å². The second-order valence-electron chi connectivity index (χ2n) is 9.59. The zero-order chi connectivity index (χ0) is 22.7. The molecule has 1 aromatic heterocycles. The highest BCUT2D eigenvalue weighted by molar-refractivity contribution is 7.15. The number of likely N-dealkylation sites (tertiary alicyclic amines) is 1. The number of carbonyl (C=O) groups is 2.